The number of anilines is 1. The third-order valence-electron chi connectivity index (χ3n) is 4.74. The van der Waals surface area contributed by atoms with Crippen LogP contribution in [0, 0.1) is 11.8 Å². The highest BCUT2D eigenvalue weighted by molar-refractivity contribution is 6.37. The molecular weight excluding hydrogens is 354 g/mol. The number of esters is 1. The predicted octanol–water partition coefficient (Wildman–Crippen LogP) is 3.52. The van der Waals surface area contributed by atoms with Crippen molar-refractivity contribution < 1.29 is 14.3 Å². The van der Waals surface area contributed by atoms with Crippen LogP contribution >= 0.6 is 11.6 Å². The fraction of sp³-hybridized carbons (Fsp3) is 0.474. The maximum atomic E-state index is 12.6. The summed E-state index contributed by atoms with van der Waals surface area (Å²) in [4.78, 5) is 29.9. The summed E-state index contributed by atoms with van der Waals surface area (Å²) in [6, 6.07) is 5.31. The molecule has 6 nitrogen and oxygen atoms in total. The van der Waals surface area contributed by atoms with E-state index in [4.69, 9.17) is 16.3 Å². The summed E-state index contributed by atoms with van der Waals surface area (Å²) in [7, 11) is 1.30. The third kappa shape index (κ3) is 3.86. The summed E-state index contributed by atoms with van der Waals surface area (Å²) in [6.07, 6.45) is 1.18. The van der Waals surface area contributed by atoms with E-state index in [1.54, 1.807) is 18.2 Å². The molecule has 140 valence electrons. The number of amides is 1. The lowest BCUT2D eigenvalue weighted by Gasteiger charge is -2.34. The molecule has 1 fully saturated rings. The van der Waals surface area contributed by atoms with Crippen molar-refractivity contribution in [2.24, 2.45) is 11.8 Å². The van der Waals surface area contributed by atoms with Gasteiger partial charge >= 0.3 is 5.97 Å². The molecule has 0 aliphatic carbocycles. The summed E-state index contributed by atoms with van der Waals surface area (Å²) >= 11 is 6.30. The summed E-state index contributed by atoms with van der Waals surface area (Å²) < 4.78 is 4.83. The number of aromatic amines is 1. The molecule has 26 heavy (non-hydrogen) atoms. The van der Waals surface area contributed by atoms with Crippen LogP contribution in [0.25, 0.3) is 10.9 Å². The zero-order chi connectivity index (χ0) is 18.8. The number of hydrogen-bond acceptors (Lipinski definition) is 4. The van der Waals surface area contributed by atoms with Crippen molar-refractivity contribution in [3.63, 3.8) is 0 Å². The largest absolute Gasteiger partial charge is 0.464 e. The Kier molecular flexibility index (Phi) is 5.53. The lowest BCUT2D eigenvalue weighted by Crippen LogP contribution is -2.42. The van der Waals surface area contributed by atoms with Gasteiger partial charge in [0.1, 0.15) is 5.69 Å². The summed E-state index contributed by atoms with van der Waals surface area (Å²) in [5.74, 6) is 0.421. The lowest BCUT2D eigenvalue weighted by atomic mass is 9.92. The van der Waals surface area contributed by atoms with Crippen LogP contribution in [0.5, 0.6) is 0 Å². The van der Waals surface area contributed by atoms with Crippen LogP contribution < -0.4 is 5.32 Å². The van der Waals surface area contributed by atoms with E-state index in [2.05, 4.69) is 29.0 Å². The van der Waals surface area contributed by atoms with Gasteiger partial charge in [-0.1, -0.05) is 31.5 Å². The molecule has 1 saturated heterocycles. The number of hydrogen-bond donors (Lipinski definition) is 2. The van der Waals surface area contributed by atoms with Gasteiger partial charge in [0.15, 0.2) is 0 Å². The topological polar surface area (TPSA) is 74.4 Å². The summed E-state index contributed by atoms with van der Waals surface area (Å²) in [5, 5.41) is 3.95. The molecule has 7 heteroatoms. The van der Waals surface area contributed by atoms with Crippen molar-refractivity contribution >= 4 is 40.1 Å². The molecule has 1 aliphatic heterocycles. The highest BCUT2D eigenvalue weighted by atomic mass is 35.5. The van der Waals surface area contributed by atoms with Crippen LogP contribution in [0.4, 0.5) is 5.69 Å². The molecule has 2 heterocycles. The Labute approximate surface area is 157 Å². The average Bonchev–Trinajstić information content (AvgIpc) is 2.92. The molecule has 2 atom stereocenters. The van der Waals surface area contributed by atoms with Gasteiger partial charge in [-0.2, -0.15) is 0 Å². The molecular formula is C19H24ClN3O3. The second-order valence-corrected chi connectivity index (χ2v) is 7.62. The summed E-state index contributed by atoms with van der Waals surface area (Å²) in [5.41, 5.74) is 1.25. The number of nitrogens with one attached hydrogen (secondary N) is 2. The first-order chi connectivity index (χ1) is 12.4. The molecule has 0 bridgehead atoms. The van der Waals surface area contributed by atoms with Crippen molar-refractivity contribution in [2.45, 2.75) is 20.3 Å². The van der Waals surface area contributed by atoms with Gasteiger partial charge in [-0.25, -0.2) is 4.79 Å². The van der Waals surface area contributed by atoms with Crippen molar-refractivity contribution in [3.8, 4) is 0 Å². The van der Waals surface area contributed by atoms with Crippen LogP contribution in [0.2, 0.25) is 5.02 Å². The number of nitrogens with zero attached hydrogens (tertiary/aromatic N) is 1. The minimum absolute atomic E-state index is 0.169. The number of piperidine rings is 1. The average molecular weight is 378 g/mol. The van der Waals surface area contributed by atoms with Crippen LogP contribution in [0.1, 0.15) is 30.8 Å². The number of halogens is 1. The summed E-state index contributed by atoms with van der Waals surface area (Å²) in [6.45, 7) is 6.49. The Morgan fingerprint density at radius 3 is 2.65 bits per heavy atom. The van der Waals surface area contributed by atoms with Gasteiger partial charge < -0.3 is 15.0 Å². The van der Waals surface area contributed by atoms with Gasteiger partial charge in [0.25, 0.3) is 0 Å². The first kappa shape index (κ1) is 18.7. The third-order valence-corrected chi connectivity index (χ3v) is 5.05. The zero-order valence-corrected chi connectivity index (χ0v) is 16.0. The molecule has 0 radical (unpaired) electrons. The molecule has 0 unspecified atom stereocenters. The van der Waals surface area contributed by atoms with Crippen LogP contribution in [-0.2, 0) is 9.53 Å². The lowest BCUT2D eigenvalue weighted by molar-refractivity contribution is -0.117. The number of likely N-dealkylation sites (tertiary alicyclic amines) is 1. The standard InChI is InChI=1S/C19H24ClN3O3/c1-11-7-12(2)9-23(8-11)10-15(24)22-17-16-13(20)5-4-6-14(16)21-18(17)19(25)26-3/h4-6,11-12,21H,7-10H2,1-3H3,(H,22,24)/t11-,12+. The minimum atomic E-state index is -0.548. The number of methoxy groups -OCH3 is 1. The van der Waals surface area contributed by atoms with Crippen molar-refractivity contribution in [1.82, 2.24) is 9.88 Å². The maximum Gasteiger partial charge on any atom is 0.356 e. The number of rotatable bonds is 4. The van der Waals surface area contributed by atoms with E-state index in [9.17, 15) is 9.59 Å². The Balaban J connectivity index is 1.85. The van der Waals surface area contributed by atoms with Crippen molar-refractivity contribution in [3.05, 3.63) is 28.9 Å². The van der Waals surface area contributed by atoms with E-state index in [-0.39, 0.29) is 18.1 Å². The molecule has 0 saturated carbocycles. The first-order valence-corrected chi connectivity index (χ1v) is 9.17. The Morgan fingerprint density at radius 2 is 2.00 bits per heavy atom. The second-order valence-electron chi connectivity index (χ2n) is 7.22. The molecule has 1 aromatic carbocycles. The first-order valence-electron chi connectivity index (χ1n) is 8.79. The van der Waals surface area contributed by atoms with Gasteiger partial charge in [-0.05, 0) is 30.4 Å². The number of fused-ring (bicyclic) bond motifs is 1. The van der Waals surface area contributed by atoms with Gasteiger partial charge in [-0.15, -0.1) is 0 Å². The van der Waals surface area contributed by atoms with E-state index in [0.29, 0.717) is 33.4 Å². The molecule has 3 rings (SSSR count). The minimum Gasteiger partial charge on any atom is -0.464 e. The molecule has 1 aromatic heterocycles. The smallest absolute Gasteiger partial charge is 0.356 e. The van der Waals surface area contributed by atoms with Gasteiger partial charge in [0.05, 0.1) is 24.4 Å². The van der Waals surface area contributed by atoms with Crippen LogP contribution in [0.3, 0.4) is 0 Å². The van der Waals surface area contributed by atoms with E-state index < -0.39 is 5.97 Å². The van der Waals surface area contributed by atoms with Crippen molar-refractivity contribution in [1.29, 1.82) is 0 Å². The molecule has 1 amide bonds. The number of carbonyl (C=O) groups is 2. The Hall–Kier alpha value is -2.05. The normalized spacial score (nSPS) is 20.9. The fourth-order valence-corrected chi connectivity index (χ4v) is 4.16. The number of H-pyrrole nitrogens is 1. The van der Waals surface area contributed by atoms with Crippen LogP contribution in [0.15, 0.2) is 18.2 Å². The van der Waals surface area contributed by atoms with E-state index >= 15 is 0 Å². The molecule has 2 N–H and O–H groups in total. The van der Waals surface area contributed by atoms with Gasteiger partial charge in [0, 0.05) is 24.0 Å². The zero-order valence-electron chi connectivity index (χ0n) is 15.3. The van der Waals surface area contributed by atoms with E-state index in [1.807, 2.05) is 0 Å². The molecule has 2 aromatic rings. The Bertz CT molecular complexity index is 823. The predicted molar refractivity (Wildman–Crippen MR) is 103 cm³/mol. The second kappa shape index (κ2) is 7.68. The quantitative estimate of drug-likeness (QED) is 0.799. The number of ether oxygens (including phenoxy) is 1. The molecule has 1 aliphatic rings. The van der Waals surface area contributed by atoms with Crippen LogP contribution in [-0.4, -0.2) is 48.5 Å². The number of carbonyl (C=O) groups excluding carboxylic acids is 2. The highest BCUT2D eigenvalue weighted by Crippen LogP contribution is 2.34. The maximum absolute atomic E-state index is 12.6. The van der Waals surface area contributed by atoms with Crippen molar-refractivity contribution in [2.75, 3.05) is 32.1 Å². The SMILES string of the molecule is COC(=O)c1[nH]c2cccc(Cl)c2c1NC(=O)CN1C[C@H](C)C[C@H](C)C1. The van der Waals surface area contributed by atoms with E-state index in [0.717, 1.165) is 13.1 Å². The van der Waals surface area contributed by atoms with Gasteiger partial charge in [-0.3, -0.25) is 9.69 Å². The number of benzene rings is 1. The molecule has 0 spiro atoms. The number of aromatic nitrogens is 1. The monoisotopic (exact) mass is 377 g/mol. The highest BCUT2D eigenvalue weighted by Gasteiger charge is 2.25. The Morgan fingerprint density at radius 1 is 1.31 bits per heavy atom. The fourth-order valence-electron chi connectivity index (χ4n) is 3.89. The van der Waals surface area contributed by atoms with E-state index in [1.165, 1.54) is 13.5 Å². The van der Waals surface area contributed by atoms with Gasteiger partial charge in [0.2, 0.25) is 5.91 Å².